The predicted octanol–water partition coefficient (Wildman–Crippen LogP) is 1.72. The molecule has 2 heterocycles. The Morgan fingerprint density at radius 3 is 3.05 bits per heavy atom. The van der Waals surface area contributed by atoms with Crippen LogP contribution in [0, 0.1) is 0 Å². The molecule has 1 aliphatic heterocycles. The highest BCUT2D eigenvalue weighted by atomic mass is 16.1. The van der Waals surface area contributed by atoms with E-state index in [1.807, 2.05) is 22.9 Å². The predicted molar refractivity (Wildman–Crippen MR) is 75.3 cm³/mol. The number of benzene rings is 1. The fourth-order valence-electron chi connectivity index (χ4n) is 2.54. The van der Waals surface area contributed by atoms with Gasteiger partial charge in [-0.2, -0.15) is 5.10 Å². The molecule has 0 unspecified atom stereocenters. The van der Waals surface area contributed by atoms with E-state index in [-0.39, 0.29) is 5.78 Å². The number of fused-ring (bicyclic) bond motifs is 1. The van der Waals surface area contributed by atoms with E-state index in [1.54, 1.807) is 0 Å². The van der Waals surface area contributed by atoms with Gasteiger partial charge in [-0.05, 0) is 23.6 Å². The van der Waals surface area contributed by atoms with Crippen LogP contribution in [0.3, 0.4) is 0 Å². The monoisotopic (exact) mass is 270 g/mol. The third kappa shape index (κ3) is 2.49. The van der Waals surface area contributed by atoms with Crippen molar-refractivity contribution in [1.82, 2.24) is 20.1 Å². The van der Waals surface area contributed by atoms with E-state index < -0.39 is 0 Å². The summed E-state index contributed by atoms with van der Waals surface area (Å²) in [6.07, 6.45) is 2.81. The first-order chi connectivity index (χ1) is 9.78. The van der Waals surface area contributed by atoms with Crippen molar-refractivity contribution in [3.05, 3.63) is 47.0 Å². The largest absolute Gasteiger partial charge is 0.309 e. The van der Waals surface area contributed by atoms with Gasteiger partial charge in [0.1, 0.15) is 12.2 Å². The summed E-state index contributed by atoms with van der Waals surface area (Å²) in [6.45, 7) is 4.63. The molecule has 0 aliphatic carbocycles. The molecule has 0 saturated heterocycles. The van der Waals surface area contributed by atoms with E-state index in [9.17, 15) is 4.79 Å². The molecular formula is C15H18N4O. The van der Waals surface area contributed by atoms with Crippen LogP contribution in [0.5, 0.6) is 0 Å². The van der Waals surface area contributed by atoms with Crippen molar-refractivity contribution in [2.45, 2.75) is 39.4 Å². The maximum Gasteiger partial charge on any atom is 0.170 e. The summed E-state index contributed by atoms with van der Waals surface area (Å²) in [5, 5.41) is 7.44. The van der Waals surface area contributed by atoms with Gasteiger partial charge in [0.2, 0.25) is 0 Å². The Morgan fingerprint density at radius 2 is 2.20 bits per heavy atom. The molecule has 104 valence electrons. The Kier molecular flexibility index (Phi) is 3.60. The topological polar surface area (TPSA) is 59.8 Å². The van der Waals surface area contributed by atoms with Crippen molar-refractivity contribution < 1.29 is 4.79 Å². The summed E-state index contributed by atoms with van der Waals surface area (Å²) in [6, 6.07) is 5.95. The van der Waals surface area contributed by atoms with Gasteiger partial charge >= 0.3 is 0 Å². The molecule has 20 heavy (non-hydrogen) atoms. The van der Waals surface area contributed by atoms with E-state index >= 15 is 0 Å². The summed E-state index contributed by atoms with van der Waals surface area (Å²) in [4.78, 5) is 16.6. The number of carbonyl (C=O) groups is 1. The molecule has 3 rings (SSSR count). The first kappa shape index (κ1) is 13.0. The van der Waals surface area contributed by atoms with E-state index in [0.717, 1.165) is 37.4 Å². The quantitative estimate of drug-likeness (QED) is 0.840. The lowest BCUT2D eigenvalue weighted by atomic mass is 10.0. The number of aromatic nitrogens is 3. The van der Waals surface area contributed by atoms with Crippen LogP contribution < -0.4 is 5.32 Å². The van der Waals surface area contributed by atoms with Crippen molar-refractivity contribution in [1.29, 1.82) is 0 Å². The number of aryl methyl sites for hydroxylation is 1. The van der Waals surface area contributed by atoms with Crippen LogP contribution in [-0.4, -0.2) is 20.5 Å². The molecule has 5 heteroatoms. The molecule has 0 saturated carbocycles. The second-order valence-corrected chi connectivity index (χ2v) is 5.09. The van der Waals surface area contributed by atoms with Gasteiger partial charge in [-0.15, -0.1) is 0 Å². The molecule has 1 N–H and O–H groups in total. The minimum Gasteiger partial charge on any atom is -0.309 e. The fraction of sp³-hybridized carbons (Fsp3) is 0.400. The summed E-state index contributed by atoms with van der Waals surface area (Å²) in [5.41, 5.74) is 3.28. The highest BCUT2D eigenvalue weighted by Crippen LogP contribution is 2.18. The Labute approximate surface area is 118 Å². The van der Waals surface area contributed by atoms with Gasteiger partial charge in [0, 0.05) is 25.2 Å². The van der Waals surface area contributed by atoms with Crippen LogP contribution in [-0.2, 0) is 26.1 Å². The maximum atomic E-state index is 12.4. The Balaban J connectivity index is 1.77. The normalized spacial score (nSPS) is 13.4. The average molecular weight is 270 g/mol. The summed E-state index contributed by atoms with van der Waals surface area (Å²) in [7, 11) is 0. The number of ketones is 1. The number of hydrogen-bond donors (Lipinski definition) is 1. The molecule has 0 amide bonds. The second kappa shape index (κ2) is 5.54. The molecule has 5 nitrogen and oxygen atoms in total. The number of nitrogens with one attached hydrogen (secondary N) is 1. The van der Waals surface area contributed by atoms with E-state index in [2.05, 4.69) is 22.3 Å². The molecule has 0 radical (unpaired) electrons. The fourth-order valence-corrected chi connectivity index (χ4v) is 2.54. The minimum atomic E-state index is 0.102. The van der Waals surface area contributed by atoms with Crippen LogP contribution in [0.1, 0.15) is 40.7 Å². The average Bonchev–Trinajstić information content (AvgIpc) is 3.07. The zero-order valence-electron chi connectivity index (χ0n) is 11.6. The zero-order chi connectivity index (χ0) is 13.9. The summed E-state index contributed by atoms with van der Waals surface area (Å²) < 4.78 is 1.81. The third-order valence-electron chi connectivity index (χ3n) is 3.61. The van der Waals surface area contributed by atoms with Crippen molar-refractivity contribution in [3.8, 4) is 0 Å². The smallest absolute Gasteiger partial charge is 0.170 e. The molecule has 1 aromatic heterocycles. The first-order valence-corrected chi connectivity index (χ1v) is 7.00. The van der Waals surface area contributed by atoms with Crippen molar-refractivity contribution in [2.24, 2.45) is 0 Å². The van der Waals surface area contributed by atoms with E-state index in [0.29, 0.717) is 6.42 Å². The zero-order valence-corrected chi connectivity index (χ0v) is 11.6. The van der Waals surface area contributed by atoms with Gasteiger partial charge in [-0.1, -0.05) is 19.1 Å². The maximum absolute atomic E-state index is 12.4. The van der Waals surface area contributed by atoms with Crippen LogP contribution in [0.2, 0.25) is 0 Å². The lowest BCUT2D eigenvalue weighted by Gasteiger charge is -2.05. The van der Waals surface area contributed by atoms with Gasteiger partial charge in [-0.3, -0.25) is 4.79 Å². The van der Waals surface area contributed by atoms with Crippen molar-refractivity contribution in [2.75, 3.05) is 0 Å². The molecule has 0 atom stereocenters. The lowest BCUT2D eigenvalue weighted by molar-refractivity contribution is 0.0989. The van der Waals surface area contributed by atoms with Crippen LogP contribution in [0.25, 0.3) is 0 Å². The van der Waals surface area contributed by atoms with E-state index in [4.69, 9.17) is 0 Å². The summed E-state index contributed by atoms with van der Waals surface area (Å²) in [5.74, 6) is 0.848. The van der Waals surface area contributed by atoms with Gasteiger partial charge in [0.25, 0.3) is 0 Å². The number of nitrogens with zero attached hydrogens (tertiary/aromatic N) is 3. The molecule has 2 aromatic rings. The molecule has 0 bridgehead atoms. The number of carbonyl (C=O) groups excluding carboxylic acids is 1. The Morgan fingerprint density at radius 1 is 1.35 bits per heavy atom. The third-order valence-corrected chi connectivity index (χ3v) is 3.61. The SMILES string of the molecule is CCCn1ncnc1CC(=O)c1ccc2c(c1)CNC2. The number of Topliss-reactive ketones (excluding diaryl/α,β-unsaturated/α-hetero) is 1. The highest BCUT2D eigenvalue weighted by Gasteiger charge is 2.15. The van der Waals surface area contributed by atoms with Crippen LogP contribution >= 0.6 is 0 Å². The number of hydrogen-bond acceptors (Lipinski definition) is 4. The van der Waals surface area contributed by atoms with Crippen LogP contribution in [0.4, 0.5) is 0 Å². The first-order valence-electron chi connectivity index (χ1n) is 7.00. The highest BCUT2D eigenvalue weighted by molar-refractivity contribution is 5.97. The Bertz CT molecular complexity index is 633. The Hall–Kier alpha value is -2.01. The van der Waals surface area contributed by atoms with Gasteiger partial charge in [-0.25, -0.2) is 9.67 Å². The lowest BCUT2D eigenvalue weighted by Crippen LogP contribution is -2.12. The van der Waals surface area contributed by atoms with Crippen molar-refractivity contribution >= 4 is 5.78 Å². The molecular weight excluding hydrogens is 252 g/mol. The van der Waals surface area contributed by atoms with Crippen molar-refractivity contribution in [3.63, 3.8) is 0 Å². The van der Waals surface area contributed by atoms with Gasteiger partial charge in [0.15, 0.2) is 5.78 Å². The molecule has 1 aliphatic rings. The second-order valence-electron chi connectivity index (χ2n) is 5.09. The molecule has 0 spiro atoms. The number of rotatable bonds is 5. The molecule has 1 aromatic carbocycles. The standard InChI is InChI=1S/C15H18N4O/c1-2-5-19-15(17-10-18-19)7-14(20)11-3-4-12-8-16-9-13(12)6-11/h3-4,6,10,16H,2,5,7-9H2,1H3. The van der Waals surface area contributed by atoms with E-state index in [1.165, 1.54) is 17.5 Å². The van der Waals surface area contributed by atoms with Gasteiger partial charge in [0.05, 0.1) is 6.42 Å². The summed E-state index contributed by atoms with van der Waals surface area (Å²) >= 11 is 0. The van der Waals surface area contributed by atoms with Gasteiger partial charge < -0.3 is 5.32 Å². The minimum absolute atomic E-state index is 0.102. The molecule has 0 fully saturated rings. The van der Waals surface area contributed by atoms with Crippen LogP contribution in [0.15, 0.2) is 24.5 Å².